The Labute approximate surface area is 159 Å². The number of H-pyrrole nitrogens is 1. The Morgan fingerprint density at radius 2 is 2.24 bits per heavy atom. The molecule has 2 aromatic rings. The number of benzene rings is 1. The van der Waals surface area contributed by atoms with Crippen molar-refractivity contribution in [3.05, 3.63) is 40.8 Å². The molecule has 1 amide bonds. The first-order valence-corrected chi connectivity index (χ1v) is 10.0. The Balaban J connectivity index is 1.58. The molecule has 3 atom stereocenters. The van der Waals surface area contributed by atoms with Crippen LogP contribution in [0.5, 0.6) is 0 Å². The second-order valence-corrected chi connectivity index (χ2v) is 9.67. The van der Waals surface area contributed by atoms with E-state index in [0.29, 0.717) is 5.25 Å². The van der Waals surface area contributed by atoms with Crippen molar-refractivity contribution >= 4 is 33.8 Å². The van der Waals surface area contributed by atoms with E-state index in [-0.39, 0.29) is 17.5 Å². The van der Waals surface area contributed by atoms with Gasteiger partial charge in [-0.2, -0.15) is 0 Å². The zero-order valence-electron chi connectivity index (χ0n) is 14.3. The van der Waals surface area contributed by atoms with Crippen LogP contribution in [0.25, 0.3) is 11.3 Å². The highest BCUT2D eigenvalue weighted by molar-refractivity contribution is 9.10. The summed E-state index contributed by atoms with van der Waals surface area (Å²) in [4.78, 5) is 22.5. The number of nitrogens with zero attached hydrogens (tertiary/aromatic N) is 2. The number of carbonyl (C=O) groups excluding carboxylic acids is 1. The van der Waals surface area contributed by atoms with E-state index < -0.39 is 5.60 Å². The first-order chi connectivity index (χ1) is 11.8. The molecule has 0 spiro atoms. The van der Waals surface area contributed by atoms with Crippen molar-refractivity contribution in [2.24, 2.45) is 0 Å². The maximum absolute atomic E-state index is 12.6. The van der Waals surface area contributed by atoms with Crippen LogP contribution in [0, 0.1) is 0 Å². The summed E-state index contributed by atoms with van der Waals surface area (Å²) in [7, 11) is 0. The molecule has 0 unspecified atom stereocenters. The highest BCUT2D eigenvalue weighted by Gasteiger charge is 2.57. The Morgan fingerprint density at radius 1 is 1.44 bits per heavy atom. The van der Waals surface area contributed by atoms with E-state index in [2.05, 4.69) is 25.9 Å². The van der Waals surface area contributed by atoms with Gasteiger partial charge in [0.25, 0.3) is 0 Å². The molecule has 0 bridgehead atoms. The van der Waals surface area contributed by atoms with Gasteiger partial charge in [-0.1, -0.05) is 28.1 Å². The second-order valence-electron chi connectivity index (χ2n) is 7.40. The second kappa shape index (κ2) is 6.06. The SMILES string of the molecule is CC(C)(C)OC(=O)N1[C@@H]2S[C@@H]2C[C@H]1c1ncc(-c2cccc(Br)c2)[nH]1. The molecule has 2 aliphatic rings. The molecule has 1 aromatic carbocycles. The summed E-state index contributed by atoms with van der Waals surface area (Å²) in [5, 5.41) is 0.719. The van der Waals surface area contributed by atoms with Crippen LogP contribution >= 0.6 is 27.7 Å². The number of likely N-dealkylation sites (tertiary alicyclic amines) is 1. The summed E-state index contributed by atoms with van der Waals surface area (Å²) in [5.41, 5.74) is 1.52. The third-order valence-electron chi connectivity index (χ3n) is 4.27. The monoisotopic (exact) mass is 421 g/mol. The average molecular weight is 422 g/mol. The predicted molar refractivity (Wildman–Crippen MR) is 102 cm³/mol. The summed E-state index contributed by atoms with van der Waals surface area (Å²) in [6.07, 6.45) is 2.50. The van der Waals surface area contributed by atoms with Gasteiger partial charge in [0.05, 0.1) is 23.3 Å². The number of imidazole rings is 1. The van der Waals surface area contributed by atoms with Gasteiger partial charge in [-0.05, 0) is 39.3 Å². The van der Waals surface area contributed by atoms with E-state index in [0.717, 1.165) is 28.0 Å². The lowest BCUT2D eigenvalue weighted by Crippen LogP contribution is -2.38. The van der Waals surface area contributed by atoms with Crippen LogP contribution < -0.4 is 0 Å². The molecule has 1 aromatic heterocycles. The van der Waals surface area contributed by atoms with Gasteiger partial charge in [0.2, 0.25) is 0 Å². The molecule has 25 heavy (non-hydrogen) atoms. The van der Waals surface area contributed by atoms with Gasteiger partial charge >= 0.3 is 6.09 Å². The van der Waals surface area contributed by atoms with E-state index in [1.807, 2.05) is 67.9 Å². The Hall–Kier alpha value is -1.47. The number of aromatic nitrogens is 2. The number of thioether (sulfide) groups is 1. The third kappa shape index (κ3) is 3.44. The molecule has 3 heterocycles. The number of ether oxygens (including phenoxy) is 1. The van der Waals surface area contributed by atoms with Gasteiger partial charge in [0.15, 0.2) is 0 Å². The van der Waals surface area contributed by atoms with Crippen molar-refractivity contribution in [1.29, 1.82) is 0 Å². The summed E-state index contributed by atoms with van der Waals surface area (Å²) in [5.74, 6) is 0.827. The molecule has 2 aliphatic heterocycles. The van der Waals surface area contributed by atoms with Crippen molar-refractivity contribution in [2.45, 2.75) is 49.5 Å². The van der Waals surface area contributed by atoms with E-state index in [9.17, 15) is 4.79 Å². The molecule has 7 heteroatoms. The smallest absolute Gasteiger partial charge is 0.411 e. The summed E-state index contributed by atoms with van der Waals surface area (Å²) >= 11 is 5.32. The van der Waals surface area contributed by atoms with E-state index >= 15 is 0 Å². The van der Waals surface area contributed by atoms with E-state index in [1.165, 1.54) is 0 Å². The van der Waals surface area contributed by atoms with Gasteiger partial charge in [-0.15, -0.1) is 11.8 Å². The lowest BCUT2D eigenvalue weighted by Gasteiger charge is -2.29. The minimum absolute atomic E-state index is 0.0491. The minimum atomic E-state index is -0.496. The lowest BCUT2D eigenvalue weighted by molar-refractivity contribution is 0.0206. The van der Waals surface area contributed by atoms with Crippen molar-refractivity contribution in [3.8, 4) is 11.3 Å². The highest BCUT2D eigenvalue weighted by atomic mass is 79.9. The Bertz CT molecular complexity index is 817. The maximum Gasteiger partial charge on any atom is 0.411 e. The number of fused-ring (bicyclic) bond motifs is 1. The molecular formula is C18H20BrN3O2S. The normalized spacial score (nSPS) is 25.0. The average Bonchev–Trinajstić information content (AvgIpc) is 2.97. The van der Waals surface area contributed by atoms with Crippen molar-refractivity contribution < 1.29 is 9.53 Å². The summed E-state index contributed by atoms with van der Waals surface area (Å²) < 4.78 is 6.63. The van der Waals surface area contributed by atoms with Crippen LogP contribution in [-0.2, 0) is 4.74 Å². The van der Waals surface area contributed by atoms with Crippen LogP contribution in [0.1, 0.15) is 39.1 Å². The van der Waals surface area contributed by atoms with Gasteiger partial charge in [-0.25, -0.2) is 9.78 Å². The fourth-order valence-corrected chi connectivity index (χ4v) is 4.73. The number of hydrogen-bond donors (Lipinski definition) is 1. The number of carbonyl (C=O) groups is 1. The van der Waals surface area contributed by atoms with Crippen LogP contribution in [0.3, 0.4) is 0 Å². The molecule has 2 fully saturated rings. The molecule has 0 saturated carbocycles. The fraction of sp³-hybridized carbons (Fsp3) is 0.444. The molecule has 0 aliphatic carbocycles. The number of halogens is 1. The van der Waals surface area contributed by atoms with Gasteiger partial charge in [0, 0.05) is 15.3 Å². The maximum atomic E-state index is 12.6. The number of aromatic amines is 1. The summed E-state index contributed by atoms with van der Waals surface area (Å²) in [6.45, 7) is 5.68. The molecule has 0 radical (unpaired) electrons. The molecular weight excluding hydrogens is 402 g/mol. The fourth-order valence-electron chi connectivity index (χ4n) is 3.16. The Kier molecular flexibility index (Phi) is 4.11. The van der Waals surface area contributed by atoms with Gasteiger partial charge in [-0.3, -0.25) is 4.90 Å². The lowest BCUT2D eigenvalue weighted by atomic mass is 10.2. The number of rotatable bonds is 2. The molecule has 2 saturated heterocycles. The number of amides is 1. The van der Waals surface area contributed by atoms with Crippen LogP contribution in [0.2, 0.25) is 0 Å². The zero-order valence-corrected chi connectivity index (χ0v) is 16.7. The topological polar surface area (TPSA) is 58.2 Å². The van der Waals surface area contributed by atoms with E-state index in [1.54, 1.807) is 0 Å². The number of hydrogen-bond acceptors (Lipinski definition) is 4. The molecule has 132 valence electrons. The van der Waals surface area contributed by atoms with Crippen molar-refractivity contribution in [1.82, 2.24) is 14.9 Å². The first-order valence-electron chi connectivity index (χ1n) is 8.29. The Morgan fingerprint density at radius 3 is 2.96 bits per heavy atom. The van der Waals surface area contributed by atoms with Gasteiger partial charge in [0.1, 0.15) is 11.4 Å². The zero-order chi connectivity index (χ0) is 17.8. The van der Waals surface area contributed by atoms with Crippen LogP contribution in [0.4, 0.5) is 4.79 Å². The summed E-state index contributed by atoms with van der Waals surface area (Å²) in [6, 6.07) is 8.02. The minimum Gasteiger partial charge on any atom is -0.444 e. The third-order valence-corrected chi connectivity index (χ3v) is 6.09. The van der Waals surface area contributed by atoms with Crippen molar-refractivity contribution in [3.63, 3.8) is 0 Å². The standard InChI is InChI=1S/C18H20BrN3O2S/c1-18(2,3)24-17(23)22-13(8-14-16(22)25-14)15-20-9-12(21-15)10-5-4-6-11(19)7-10/h4-7,9,13-14,16H,8H2,1-3H3,(H,20,21)/t13-,14+,16+/m0/s1. The van der Waals surface area contributed by atoms with Gasteiger partial charge < -0.3 is 9.72 Å². The highest BCUT2D eigenvalue weighted by Crippen LogP contribution is 2.57. The van der Waals surface area contributed by atoms with Crippen LogP contribution in [0.15, 0.2) is 34.9 Å². The van der Waals surface area contributed by atoms with Crippen LogP contribution in [-0.4, -0.2) is 37.2 Å². The first kappa shape index (κ1) is 17.0. The quantitative estimate of drug-likeness (QED) is 0.695. The molecule has 1 N–H and O–H groups in total. The van der Waals surface area contributed by atoms with Crippen molar-refractivity contribution in [2.75, 3.05) is 0 Å². The predicted octanol–water partition coefficient (Wildman–Crippen LogP) is 4.96. The molecule has 4 rings (SSSR count). The largest absolute Gasteiger partial charge is 0.444 e. The van der Waals surface area contributed by atoms with E-state index in [4.69, 9.17) is 4.74 Å². The number of nitrogens with one attached hydrogen (secondary N) is 1. The molecule has 5 nitrogen and oxygen atoms in total.